The summed E-state index contributed by atoms with van der Waals surface area (Å²) in [5, 5.41) is 2.56. The highest BCUT2D eigenvalue weighted by Crippen LogP contribution is 2.30. The van der Waals surface area contributed by atoms with E-state index >= 15 is 0 Å². The molecule has 1 N–H and O–H groups in total. The van der Waals surface area contributed by atoms with Crippen molar-refractivity contribution in [3.8, 4) is 5.75 Å². The van der Waals surface area contributed by atoms with Crippen LogP contribution < -0.4 is 10.1 Å². The Morgan fingerprint density at radius 1 is 1.27 bits per heavy atom. The van der Waals surface area contributed by atoms with Gasteiger partial charge in [0.15, 0.2) is 5.17 Å². The standard InChI is InChI=1S/C24H25N3O5S/c1-4-13-27-21(28)15-20(33-24(27)26-18-7-6-8-19(14-18)31-3)22(29)25-17-11-9-16(10-12-17)23(30)32-5-2/h4,6-12,14,20H,1,5,13,15H2,2-3H3,(H,25,29). The predicted octanol–water partition coefficient (Wildman–Crippen LogP) is 4.02. The molecule has 2 aromatic rings. The zero-order valence-corrected chi connectivity index (χ0v) is 19.3. The number of amidine groups is 1. The van der Waals surface area contributed by atoms with Crippen LogP contribution >= 0.6 is 11.8 Å². The van der Waals surface area contributed by atoms with Gasteiger partial charge >= 0.3 is 5.97 Å². The maximum absolute atomic E-state index is 12.9. The molecule has 3 rings (SSSR count). The van der Waals surface area contributed by atoms with Crippen LogP contribution in [0.2, 0.25) is 0 Å². The third-order valence-corrected chi connectivity index (χ3v) is 5.87. The lowest BCUT2D eigenvalue weighted by atomic mass is 10.2. The van der Waals surface area contributed by atoms with Gasteiger partial charge in [0.25, 0.3) is 0 Å². The molecule has 1 aliphatic rings. The van der Waals surface area contributed by atoms with E-state index in [0.29, 0.717) is 27.9 Å². The largest absolute Gasteiger partial charge is 0.497 e. The summed E-state index contributed by atoms with van der Waals surface area (Å²) >= 11 is 1.21. The van der Waals surface area contributed by atoms with Gasteiger partial charge in [-0.1, -0.05) is 23.9 Å². The summed E-state index contributed by atoms with van der Waals surface area (Å²) in [7, 11) is 1.56. The second-order valence-electron chi connectivity index (χ2n) is 6.99. The fourth-order valence-electron chi connectivity index (χ4n) is 3.07. The molecule has 0 spiro atoms. The summed E-state index contributed by atoms with van der Waals surface area (Å²) in [6.07, 6.45) is 1.65. The van der Waals surface area contributed by atoms with Crippen molar-refractivity contribution in [2.24, 2.45) is 4.99 Å². The number of hydrogen-bond donors (Lipinski definition) is 1. The van der Waals surface area contributed by atoms with E-state index < -0.39 is 11.2 Å². The monoisotopic (exact) mass is 467 g/mol. The van der Waals surface area contributed by atoms with Gasteiger partial charge in [0.2, 0.25) is 11.8 Å². The molecule has 0 aliphatic carbocycles. The molecule has 1 saturated heterocycles. The van der Waals surface area contributed by atoms with Gasteiger partial charge in [-0.25, -0.2) is 9.79 Å². The fraction of sp³-hybridized carbons (Fsp3) is 0.250. The van der Waals surface area contributed by atoms with E-state index in [1.54, 1.807) is 68.6 Å². The molecule has 1 aliphatic heterocycles. The third kappa shape index (κ3) is 6.23. The van der Waals surface area contributed by atoms with Crippen LogP contribution in [-0.2, 0) is 14.3 Å². The summed E-state index contributed by atoms with van der Waals surface area (Å²) in [6.45, 7) is 6.02. The molecule has 1 heterocycles. The van der Waals surface area contributed by atoms with E-state index in [1.807, 2.05) is 0 Å². The van der Waals surface area contributed by atoms with Crippen LogP contribution in [0.1, 0.15) is 23.7 Å². The average molecular weight is 468 g/mol. The fourth-order valence-corrected chi connectivity index (χ4v) is 4.18. The first-order chi connectivity index (χ1) is 15.9. The lowest BCUT2D eigenvalue weighted by Crippen LogP contribution is -2.45. The van der Waals surface area contributed by atoms with Gasteiger partial charge in [0, 0.05) is 24.7 Å². The van der Waals surface area contributed by atoms with E-state index in [-0.39, 0.29) is 31.4 Å². The van der Waals surface area contributed by atoms with E-state index in [4.69, 9.17) is 9.47 Å². The molecular formula is C24H25N3O5S. The van der Waals surface area contributed by atoms with Crippen LogP contribution in [0.25, 0.3) is 0 Å². The van der Waals surface area contributed by atoms with Gasteiger partial charge in [0.1, 0.15) is 11.0 Å². The van der Waals surface area contributed by atoms with E-state index in [9.17, 15) is 14.4 Å². The molecule has 0 aromatic heterocycles. The first kappa shape index (κ1) is 24.1. The Morgan fingerprint density at radius 2 is 2.03 bits per heavy atom. The molecule has 8 nitrogen and oxygen atoms in total. The molecule has 172 valence electrons. The average Bonchev–Trinajstić information content (AvgIpc) is 2.81. The number of ether oxygens (including phenoxy) is 2. The number of nitrogens with zero attached hydrogens (tertiary/aromatic N) is 2. The van der Waals surface area contributed by atoms with Gasteiger partial charge in [-0.2, -0.15) is 0 Å². The van der Waals surface area contributed by atoms with Crippen molar-refractivity contribution < 1.29 is 23.9 Å². The van der Waals surface area contributed by atoms with Crippen molar-refractivity contribution in [2.75, 3.05) is 25.6 Å². The van der Waals surface area contributed by atoms with Gasteiger partial charge < -0.3 is 14.8 Å². The van der Waals surface area contributed by atoms with E-state index in [2.05, 4.69) is 16.9 Å². The minimum Gasteiger partial charge on any atom is -0.497 e. The number of anilines is 1. The van der Waals surface area contributed by atoms with Crippen LogP contribution in [0.15, 0.2) is 66.2 Å². The second kappa shape index (κ2) is 11.3. The van der Waals surface area contributed by atoms with Gasteiger partial charge in [-0.15, -0.1) is 6.58 Å². The van der Waals surface area contributed by atoms with Gasteiger partial charge in [-0.05, 0) is 43.3 Å². The minimum absolute atomic E-state index is 0.0301. The molecule has 33 heavy (non-hydrogen) atoms. The molecule has 9 heteroatoms. The molecule has 2 amide bonds. The number of amides is 2. The molecule has 1 atom stereocenters. The van der Waals surface area contributed by atoms with Crippen LogP contribution in [0.5, 0.6) is 5.75 Å². The predicted molar refractivity (Wildman–Crippen MR) is 129 cm³/mol. The number of rotatable bonds is 8. The second-order valence-corrected chi connectivity index (χ2v) is 8.16. The lowest BCUT2D eigenvalue weighted by Gasteiger charge is -2.31. The van der Waals surface area contributed by atoms with Gasteiger partial charge in [0.05, 0.1) is 25.0 Å². The molecule has 2 aromatic carbocycles. The number of methoxy groups -OCH3 is 1. The molecule has 1 unspecified atom stereocenters. The Balaban J connectivity index is 1.77. The van der Waals surface area contributed by atoms with Crippen molar-refractivity contribution in [3.05, 3.63) is 66.7 Å². The number of benzene rings is 2. The Labute approximate surface area is 196 Å². The molecular weight excluding hydrogens is 442 g/mol. The number of thioether (sulfide) groups is 1. The number of carbonyl (C=O) groups is 3. The van der Waals surface area contributed by atoms with Crippen LogP contribution in [-0.4, -0.2) is 53.4 Å². The van der Waals surface area contributed by atoms with Gasteiger partial charge in [-0.3, -0.25) is 14.5 Å². The smallest absolute Gasteiger partial charge is 0.338 e. The van der Waals surface area contributed by atoms with Crippen molar-refractivity contribution in [3.63, 3.8) is 0 Å². The van der Waals surface area contributed by atoms with Crippen molar-refractivity contribution in [2.45, 2.75) is 18.6 Å². The Hall–Kier alpha value is -3.59. The number of aliphatic imine (C=N–C) groups is 1. The quantitative estimate of drug-likeness (QED) is 0.465. The van der Waals surface area contributed by atoms with Crippen molar-refractivity contribution in [1.29, 1.82) is 0 Å². The number of esters is 1. The maximum atomic E-state index is 12.9. The first-order valence-corrected chi connectivity index (χ1v) is 11.2. The lowest BCUT2D eigenvalue weighted by molar-refractivity contribution is -0.129. The highest BCUT2D eigenvalue weighted by Gasteiger charge is 2.35. The molecule has 0 radical (unpaired) electrons. The minimum atomic E-state index is -0.660. The summed E-state index contributed by atoms with van der Waals surface area (Å²) in [6, 6.07) is 13.5. The highest BCUT2D eigenvalue weighted by molar-refractivity contribution is 8.15. The van der Waals surface area contributed by atoms with Crippen molar-refractivity contribution in [1.82, 2.24) is 4.90 Å². The summed E-state index contributed by atoms with van der Waals surface area (Å²) in [4.78, 5) is 43.6. The third-order valence-electron chi connectivity index (χ3n) is 4.69. The van der Waals surface area contributed by atoms with Crippen molar-refractivity contribution >= 4 is 46.1 Å². The Morgan fingerprint density at radius 3 is 2.70 bits per heavy atom. The zero-order valence-electron chi connectivity index (χ0n) is 18.4. The Kier molecular flexibility index (Phi) is 8.26. The zero-order chi connectivity index (χ0) is 23.8. The molecule has 0 saturated carbocycles. The number of hydrogen-bond acceptors (Lipinski definition) is 7. The summed E-state index contributed by atoms with van der Waals surface area (Å²) in [5.41, 5.74) is 1.51. The number of nitrogens with one attached hydrogen (secondary N) is 1. The SMILES string of the molecule is C=CCN1C(=O)CC(C(=O)Nc2ccc(C(=O)OCC)cc2)SC1=Nc1cccc(OC)c1. The number of carbonyl (C=O) groups excluding carboxylic acids is 3. The molecule has 1 fully saturated rings. The van der Waals surface area contributed by atoms with E-state index in [1.165, 1.54) is 16.7 Å². The molecule has 0 bridgehead atoms. The highest BCUT2D eigenvalue weighted by atomic mass is 32.2. The van der Waals surface area contributed by atoms with Crippen LogP contribution in [0, 0.1) is 0 Å². The summed E-state index contributed by atoms with van der Waals surface area (Å²) in [5.74, 6) is -0.328. The van der Waals surface area contributed by atoms with Crippen LogP contribution in [0.4, 0.5) is 11.4 Å². The van der Waals surface area contributed by atoms with Crippen LogP contribution in [0.3, 0.4) is 0 Å². The van der Waals surface area contributed by atoms with E-state index in [0.717, 1.165) is 0 Å². The normalized spacial score (nSPS) is 16.9. The summed E-state index contributed by atoms with van der Waals surface area (Å²) < 4.78 is 10.2. The maximum Gasteiger partial charge on any atom is 0.338 e. The topological polar surface area (TPSA) is 97.3 Å². The first-order valence-electron chi connectivity index (χ1n) is 10.3. The Bertz CT molecular complexity index is 1070.